The minimum Gasteiger partial charge on any atom is -0.381 e. The highest BCUT2D eigenvalue weighted by molar-refractivity contribution is 9.10. The van der Waals surface area contributed by atoms with Crippen molar-refractivity contribution in [1.29, 1.82) is 0 Å². The molecule has 15 heavy (non-hydrogen) atoms. The maximum atomic E-state index is 13.4. The van der Waals surface area contributed by atoms with Crippen LogP contribution in [0.5, 0.6) is 0 Å². The van der Waals surface area contributed by atoms with Crippen molar-refractivity contribution < 1.29 is 4.39 Å². The maximum Gasteiger partial charge on any atom is 0.156 e. The first-order valence-electron chi connectivity index (χ1n) is 4.21. The Bertz CT molecular complexity index is 502. The lowest BCUT2D eigenvalue weighted by Crippen LogP contribution is -1.96. The number of hydrogen-bond donors (Lipinski definition) is 1. The number of nitrogen functional groups attached to an aromatic ring is 1. The number of rotatable bonds is 1. The molecule has 0 radical (unpaired) electrons. The Kier molecular flexibility index (Phi) is 2.64. The molecule has 0 bridgehead atoms. The zero-order chi connectivity index (χ0) is 10.8. The maximum absolute atomic E-state index is 13.4. The molecule has 1 aromatic carbocycles. The highest BCUT2D eigenvalue weighted by Crippen LogP contribution is 2.23. The van der Waals surface area contributed by atoms with E-state index in [4.69, 9.17) is 5.73 Å². The van der Waals surface area contributed by atoms with Crippen molar-refractivity contribution in [2.45, 2.75) is 0 Å². The average Bonchev–Trinajstić information content (AvgIpc) is 2.23. The largest absolute Gasteiger partial charge is 0.381 e. The molecule has 2 rings (SSSR count). The third-order valence-electron chi connectivity index (χ3n) is 1.91. The van der Waals surface area contributed by atoms with Crippen molar-refractivity contribution in [3.8, 4) is 11.3 Å². The van der Waals surface area contributed by atoms with Crippen LogP contribution in [0.1, 0.15) is 0 Å². The van der Waals surface area contributed by atoms with Gasteiger partial charge < -0.3 is 5.73 Å². The first-order chi connectivity index (χ1) is 7.18. The fraction of sp³-hybridized carbons (Fsp3) is 0. The number of anilines is 1. The van der Waals surface area contributed by atoms with Gasteiger partial charge in [0.05, 0.1) is 11.9 Å². The average molecular weight is 268 g/mol. The number of nitrogens with two attached hydrogens (primary N) is 1. The van der Waals surface area contributed by atoms with Gasteiger partial charge in [-0.1, -0.05) is 12.1 Å². The third-order valence-corrected chi connectivity index (χ3v) is 2.49. The van der Waals surface area contributed by atoms with Crippen molar-refractivity contribution in [2.24, 2.45) is 0 Å². The smallest absolute Gasteiger partial charge is 0.156 e. The molecule has 0 amide bonds. The topological polar surface area (TPSA) is 51.8 Å². The minimum absolute atomic E-state index is 0.287. The summed E-state index contributed by atoms with van der Waals surface area (Å²) in [5.74, 6) is -0.0430. The van der Waals surface area contributed by atoms with Crippen LogP contribution in [0.2, 0.25) is 0 Å². The second-order valence-electron chi connectivity index (χ2n) is 2.91. The molecule has 0 aliphatic heterocycles. The Morgan fingerprint density at radius 1 is 1.27 bits per heavy atom. The highest BCUT2D eigenvalue weighted by atomic mass is 79.9. The summed E-state index contributed by atoms with van der Waals surface area (Å²) >= 11 is 3.15. The van der Waals surface area contributed by atoms with Crippen molar-refractivity contribution in [1.82, 2.24) is 9.97 Å². The van der Waals surface area contributed by atoms with Gasteiger partial charge in [0, 0.05) is 5.56 Å². The van der Waals surface area contributed by atoms with Gasteiger partial charge >= 0.3 is 0 Å². The molecule has 1 heterocycles. The van der Waals surface area contributed by atoms with E-state index >= 15 is 0 Å². The van der Waals surface area contributed by atoms with Crippen LogP contribution in [0.15, 0.2) is 35.1 Å². The van der Waals surface area contributed by atoms with Gasteiger partial charge in [0.2, 0.25) is 0 Å². The molecule has 3 nitrogen and oxygen atoms in total. The Morgan fingerprint density at radius 2 is 2.00 bits per heavy atom. The van der Waals surface area contributed by atoms with Gasteiger partial charge in [0.15, 0.2) is 5.82 Å². The summed E-state index contributed by atoms with van der Waals surface area (Å²) in [5, 5.41) is 0. The summed E-state index contributed by atoms with van der Waals surface area (Å²) in [6.45, 7) is 0. The summed E-state index contributed by atoms with van der Waals surface area (Å²) in [6, 6.07) is 6.38. The van der Waals surface area contributed by atoms with E-state index in [2.05, 4.69) is 25.9 Å². The number of aromatic nitrogens is 2. The highest BCUT2D eigenvalue weighted by Gasteiger charge is 2.07. The first-order valence-corrected chi connectivity index (χ1v) is 5.00. The van der Waals surface area contributed by atoms with Crippen LogP contribution in [0.3, 0.4) is 0 Å². The summed E-state index contributed by atoms with van der Waals surface area (Å²) in [6.07, 6.45) is 1.44. The molecule has 0 aliphatic carbocycles. The van der Waals surface area contributed by atoms with Crippen LogP contribution in [0.4, 0.5) is 10.2 Å². The molecule has 0 unspecified atom stereocenters. The van der Waals surface area contributed by atoms with E-state index in [1.54, 1.807) is 18.2 Å². The molecule has 2 aromatic rings. The Labute approximate surface area is 94.3 Å². The molecule has 0 spiro atoms. The Hall–Kier alpha value is -1.49. The monoisotopic (exact) mass is 267 g/mol. The van der Waals surface area contributed by atoms with Gasteiger partial charge in [0.25, 0.3) is 0 Å². The van der Waals surface area contributed by atoms with Gasteiger partial charge in [0.1, 0.15) is 10.4 Å². The fourth-order valence-corrected chi connectivity index (χ4v) is 1.47. The van der Waals surface area contributed by atoms with Crippen LogP contribution >= 0.6 is 15.9 Å². The van der Waals surface area contributed by atoms with Gasteiger partial charge in [-0.25, -0.2) is 14.4 Å². The molecule has 0 saturated heterocycles. The molecular formula is C10H7BrFN3. The van der Waals surface area contributed by atoms with Gasteiger partial charge in [-0.3, -0.25) is 0 Å². The molecule has 5 heteroatoms. The number of halogens is 2. The van der Waals surface area contributed by atoms with E-state index in [1.165, 1.54) is 12.3 Å². The third kappa shape index (κ3) is 1.97. The summed E-state index contributed by atoms with van der Waals surface area (Å²) < 4.78 is 13.8. The van der Waals surface area contributed by atoms with E-state index in [1.807, 2.05) is 0 Å². The molecule has 0 fully saturated rings. The van der Waals surface area contributed by atoms with Gasteiger partial charge in [-0.05, 0) is 28.1 Å². The number of hydrogen-bond acceptors (Lipinski definition) is 3. The molecule has 0 aliphatic rings. The van der Waals surface area contributed by atoms with E-state index in [0.717, 1.165) is 0 Å². The molecule has 0 saturated carbocycles. The van der Waals surface area contributed by atoms with Crippen molar-refractivity contribution in [3.63, 3.8) is 0 Å². The second-order valence-corrected chi connectivity index (χ2v) is 3.66. The number of benzene rings is 1. The Balaban J connectivity index is 2.55. The molecule has 1 aromatic heterocycles. The first kappa shape index (κ1) is 10.0. The summed E-state index contributed by atoms with van der Waals surface area (Å²) in [5.41, 5.74) is 6.35. The van der Waals surface area contributed by atoms with Crippen LogP contribution in [-0.4, -0.2) is 9.97 Å². The van der Waals surface area contributed by atoms with E-state index in [-0.39, 0.29) is 11.6 Å². The van der Waals surface area contributed by atoms with Crippen LogP contribution in [0.25, 0.3) is 11.3 Å². The lowest BCUT2D eigenvalue weighted by atomic mass is 10.1. The van der Waals surface area contributed by atoms with Gasteiger partial charge in [-0.2, -0.15) is 0 Å². The summed E-state index contributed by atoms with van der Waals surface area (Å²) in [4.78, 5) is 7.99. The molecule has 0 atom stereocenters. The van der Waals surface area contributed by atoms with Gasteiger partial charge in [-0.15, -0.1) is 0 Å². The number of nitrogens with zero attached hydrogens (tertiary/aromatic N) is 2. The molecule has 2 N–H and O–H groups in total. The van der Waals surface area contributed by atoms with E-state index in [0.29, 0.717) is 15.9 Å². The second kappa shape index (κ2) is 3.94. The zero-order valence-electron chi connectivity index (χ0n) is 7.61. The lowest BCUT2D eigenvalue weighted by molar-refractivity contribution is 0.630. The Morgan fingerprint density at radius 3 is 2.67 bits per heavy atom. The molecular weight excluding hydrogens is 261 g/mol. The predicted octanol–water partition coefficient (Wildman–Crippen LogP) is 2.63. The standard InChI is InChI=1S/C10H7BrFN3/c11-9-10(13)14-5-8(15-9)6-3-1-2-4-7(6)12/h1-5H,(H2,13,14). The lowest BCUT2D eigenvalue weighted by Gasteiger charge is -2.03. The quantitative estimate of drug-likeness (QED) is 0.864. The van der Waals surface area contributed by atoms with E-state index < -0.39 is 0 Å². The van der Waals surface area contributed by atoms with E-state index in [9.17, 15) is 4.39 Å². The molecule has 76 valence electrons. The van der Waals surface area contributed by atoms with Crippen LogP contribution < -0.4 is 5.73 Å². The predicted molar refractivity (Wildman–Crippen MR) is 59.5 cm³/mol. The van der Waals surface area contributed by atoms with Crippen LogP contribution in [0, 0.1) is 5.82 Å². The van der Waals surface area contributed by atoms with Crippen LogP contribution in [-0.2, 0) is 0 Å². The summed E-state index contributed by atoms with van der Waals surface area (Å²) in [7, 11) is 0. The normalized spacial score (nSPS) is 10.3. The minimum atomic E-state index is -0.330. The fourth-order valence-electron chi connectivity index (χ4n) is 1.17. The van der Waals surface area contributed by atoms with Crippen molar-refractivity contribution in [2.75, 3.05) is 5.73 Å². The SMILES string of the molecule is Nc1ncc(-c2ccccc2F)nc1Br. The van der Waals surface area contributed by atoms with Crippen molar-refractivity contribution >= 4 is 21.7 Å². The zero-order valence-corrected chi connectivity index (χ0v) is 9.20. The van der Waals surface area contributed by atoms with Crippen molar-refractivity contribution in [3.05, 3.63) is 40.9 Å².